The van der Waals surface area contributed by atoms with E-state index in [1.165, 1.54) is 55.0 Å². The van der Waals surface area contributed by atoms with E-state index in [1.54, 1.807) is 13.0 Å². The van der Waals surface area contributed by atoms with Crippen molar-refractivity contribution < 1.29 is 17.9 Å². The third kappa shape index (κ3) is 5.62. The van der Waals surface area contributed by atoms with Crippen molar-refractivity contribution in [3.8, 4) is 5.75 Å². The van der Waals surface area contributed by atoms with Crippen molar-refractivity contribution >= 4 is 38.7 Å². The van der Waals surface area contributed by atoms with Crippen LogP contribution in [-0.4, -0.2) is 31.7 Å². The number of ether oxygens (including phenoxy) is 1. The summed E-state index contributed by atoms with van der Waals surface area (Å²) in [5.41, 5.74) is -0.369. The van der Waals surface area contributed by atoms with Crippen molar-refractivity contribution in [2.45, 2.75) is 24.9 Å². The molecule has 0 fully saturated rings. The molecule has 168 valence electrons. The Labute approximate surface area is 189 Å². The van der Waals surface area contributed by atoms with Gasteiger partial charge in [0.05, 0.1) is 18.6 Å². The molecule has 32 heavy (non-hydrogen) atoms. The number of hydrogen-bond acceptors (Lipinski definition) is 7. The number of rotatable bonds is 9. The zero-order chi connectivity index (χ0) is 23.3. The van der Waals surface area contributed by atoms with Crippen LogP contribution in [0.3, 0.4) is 0 Å². The van der Waals surface area contributed by atoms with E-state index in [4.69, 9.17) is 10.1 Å². The van der Waals surface area contributed by atoms with Crippen molar-refractivity contribution in [3.05, 3.63) is 74.8 Å². The van der Waals surface area contributed by atoms with Gasteiger partial charge in [-0.3, -0.25) is 14.3 Å². The quantitative estimate of drug-likeness (QED) is 0.410. The first-order chi connectivity index (χ1) is 15.2. The molecular formula is C21H22N4O5S2. The maximum absolute atomic E-state index is 12.7. The van der Waals surface area contributed by atoms with Gasteiger partial charge in [0.1, 0.15) is 18.0 Å². The molecule has 1 amide bonds. The smallest absolute Gasteiger partial charge is 0.275 e. The third-order valence-corrected chi connectivity index (χ3v) is 6.99. The number of nitrogens with zero attached hydrogens (tertiary/aromatic N) is 1. The topological polar surface area (TPSA) is 130 Å². The van der Waals surface area contributed by atoms with Gasteiger partial charge in [0.25, 0.3) is 15.6 Å². The first-order valence-corrected chi connectivity index (χ1v) is 11.8. The second-order valence-electron chi connectivity index (χ2n) is 6.81. The lowest BCUT2D eigenvalue weighted by molar-refractivity contribution is -0.121. The number of anilines is 1. The highest BCUT2D eigenvalue weighted by Crippen LogP contribution is 2.19. The Hall–Kier alpha value is -3.44. The van der Waals surface area contributed by atoms with E-state index in [0.717, 1.165) is 14.3 Å². The molecular weight excluding hydrogens is 452 g/mol. The number of carbonyl (C=O) groups is 1. The number of methoxy groups -OCH3 is 1. The van der Waals surface area contributed by atoms with E-state index in [9.17, 15) is 18.0 Å². The Bertz CT molecular complexity index is 1310. The predicted octanol–water partition coefficient (Wildman–Crippen LogP) is 2.42. The van der Waals surface area contributed by atoms with Gasteiger partial charge in [0, 0.05) is 27.7 Å². The van der Waals surface area contributed by atoms with Gasteiger partial charge in [-0.1, -0.05) is 6.07 Å². The van der Waals surface area contributed by atoms with Gasteiger partial charge in [-0.2, -0.15) is 0 Å². The molecule has 0 radical (unpaired) electrons. The van der Waals surface area contributed by atoms with Gasteiger partial charge in [-0.05, 0) is 43.3 Å². The normalized spacial score (nSPS) is 11.1. The predicted molar refractivity (Wildman–Crippen MR) is 123 cm³/mol. The minimum absolute atomic E-state index is 0.0557. The lowest BCUT2D eigenvalue weighted by Crippen LogP contribution is -2.33. The molecule has 0 spiro atoms. The molecule has 0 saturated heterocycles. The summed E-state index contributed by atoms with van der Waals surface area (Å²) in [7, 11) is -2.60. The molecule has 0 unspecified atom stereocenters. The van der Waals surface area contributed by atoms with Gasteiger partial charge in [-0.25, -0.2) is 8.42 Å². The molecule has 2 heterocycles. The minimum Gasteiger partial charge on any atom is -0.497 e. The summed E-state index contributed by atoms with van der Waals surface area (Å²) in [6.45, 7) is 1.69. The van der Waals surface area contributed by atoms with Crippen LogP contribution in [0.4, 0.5) is 5.69 Å². The first-order valence-electron chi connectivity index (χ1n) is 9.47. The summed E-state index contributed by atoms with van der Waals surface area (Å²) in [5, 5.41) is 10.3. The maximum atomic E-state index is 12.7. The molecule has 0 aliphatic heterocycles. The number of carbonyl (C=O) groups excluding carboxylic acids is 1. The number of sulfonamides is 1. The fourth-order valence-corrected chi connectivity index (χ4v) is 4.73. The Morgan fingerprint density at radius 3 is 2.66 bits per heavy atom. The zero-order valence-electron chi connectivity index (χ0n) is 17.4. The van der Waals surface area contributed by atoms with Crippen molar-refractivity contribution in [2.75, 3.05) is 11.8 Å². The van der Waals surface area contributed by atoms with Gasteiger partial charge in [-0.15, -0.1) is 11.3 Å². The average molecular weight is 475 g/mol. The van der Waals surface area contributed by atoms with Gasteiger partial charge in [0.15, 0.2) is 0 Å². The van der Waals surface area contributed by atoms with Crippen LogP contribution >= 0.6 is 11.3 Å². The highest BCUT2D eigenvalue weighted by Gasteiger charge is 2.18. The number of hydrogen-bond donors (Lipinski definition) is 3. The number of aromatic nitrogens is 1. The molecule has 3 rings (SSSR count). The molecule has 9 nitrogen and oxygen atoms in total. The van der Waals surface area contributed by atoms with E-state index in [0.29, 0.717) is 11.5 Å². The third-order valence-electron chi connectivity index (χ3n) is 4.42. The van der Waals surface area contributed by atoms with Crippen molar-refractivity contribution in [2.24, 2.45) is 0 Å². The van der Waals surface area contributed by atoms with Crippen LogP contribution in [0.2, 0.25) is 0 Å². The highest BCUT2D eigenvalue weighted by molar-refractivity contribution is 7.92. The van der Waals surface area contributed by atoms with E-state index in [2.05, 4.69) is 10.0 Å². The van der Waals surface area contributed by atoms with Crippen LogP contribution in [-0.2, 0) is 27.9 Å². The molecule has 1 aromatic carbocycles. The molecule has 11 heteroatoms. The number of thiophene rings is 1. The van der Waals surface area contributed by atoms with Gasteiger partial charge >= 0.3 is 0 Å². The molecule has 0 saturated carbocycles. The summed E-state index contributed by atoms with van der Waals surface area (Å²) in [5.74, 6) is -0.0370. The maximum Gasteiger partial charge on any atom is 0.275 e. The van der Waals surface area contributed by atoms with Crippen LogP contribution in [0.1, 0.15) is 16.7 Å². The average Bonchev–Trinajstić information content (AvgIpc) is 3.24. The summed E-state index contributed by atoms with van der Waals surface area (Å²) in [4.78, 5) is 26.7. The number of nitrogens with one attached hydrogen (secondary N) is 3. The van der Waals surface area contributed by atoms with Crippen LogP contribution < -0.4 is 20.3 Å². The molecule has 3 aromatic rings. The van der Waals surface area contributed by atoms with E-state index in [-0.39, 0.29) is 23.7 Å². The molecule has 2 aromatic heterocycles. The zero-order valence-corrected chi connectivity index (χ0v) is 19.0. The van der Waals surface area contributed by atoms with E-state index in [1.807, 2.05) is 12.1 Å². The van der Waals surface area contributed by atoms with Crippen molar-refractivity contribution in [1.82, 2.24) is 9.88 Å². The summed E-state index contributed by atoms with van der Waals surface area (Å²) in [6, 6.07) is 12.3. The molecule has 0 aliphatic carbocycles. The first kappa shape index (κ1) is 23.2. The summed E-state index contributed by atoms with van der Waals surface area (Å²) in [6.07, 6.45) is 1.41. The molecule has 0 aliphatic rings. The van der Waals surface area contributed by atoms with Gasteiger partial charge < -0.3 is 20.0 Å². The number of benzene rings is 1. The fourth-order valence-electron chi connectivity index (χ4n) is 2.78. The number of pyridine rings is 1. The molecule has 0 bridgehead atoms. The summed E-state index contributed by atoms with van der Waals surface area (Å²) < 4.78 is 33.8. The Morgan fingerprint density at radius 1 is 1.19 bits per heavy atom. The lowest BCUT2D eigenvalue weighted by atomic mass is 10.3. The number of amides is 1. The summed E-state index contributed by atoms with van der Waals surface area (Å²) >= 11 is 1.41. The van der Waals surface area contributed by atoms with Crippen LogP contribution in [0.5, 0.6) is 5.75 Å². The van der Waals surface area contributed by atoms with Crippen molar-refractivity contribution in [1.29, 1.82) is 5.41 Å². The van der Waals surface area contributed by atoms with Crippen LogP contribution in [0.15, 0.2) is 64.4 Å². The van der Waals surface area contributed by atoms with E-state index < -0.39 is 21.5 Å². The largest absolute Gasteiger partial charge is 0.497 e. The minimum atomic E-state index is -4.02. The van der Waals surface area contributed by atoms with Crippen LogP contribution in [0.25, 0.3) is 0 Å². The van der Waals surface area contributed by atoms with Crippen LogP contribution in [0, 0.1) is 5.41 Å². The monoisotopic (exact) mass is 474 g/mol. The van der Waals surface area contributed by atoms with E-state index >= 15 is 0 Å². The Morgan fingerprint density at radius 2 is 1.97 bits per heavy atom. The standard InChI is InChI=1S/C21H22N4O5S2/c1-14(22)19-9-8-16(31-19)12-23-20(26)13-25-10-4-7-18(21(25)27)24-32(28,29)17-6-3-5-15(11-17)30-2/h3-11,22,24H,12-13H2,1-2H3,(H,23,26). The Balaban J connectivity index is 1.69. The Kier molecular flexibility index (Phi) is 7.11. The highest BCUT2D eigenvalue weighted by atomic mass is 32.2. The van der Waals surface area contributed by atoms with Crippen molar-refractivity contribution in [3.63, 3.8) is 0 Å². The fraction of sp³-hybridized carbons (Fsp3) is 0.190. The molecule has 3 N–H and O–H groups in total. The second-order valence-corrected chi connectivity index (χ2v) is 9.66. The second kappa shape index (κ2) is 9.79. The molecule has 0 atom stereocenters. The lowest BCUT2D eigenvalue weighted by Gasteiger charge is -2.11. The van der Waals surface area contributed by atoms with Gasteiger partial charge in [0.2, 0.25) is 5.91 Å². The SMILES string of the molecule is COc1cccc(S(=O)(=O)Nc2cccn(CC(=O)NCc3ccc(C(C)=N)s3)c2=O)c1.